The minimum atomic E-state index is -0.535. The Hall–Kier alpha value is -5.24. The zero-order valence-electron chi connectivity index (χ0n) is 21.9. The summed E-state index contributed by atoms with van der Waals surface area (Å²) in [5.41, 5.74) is 5.32. The van der Waals surface area contributed by atoms with Crippen molar-refractivity contribution in [2.45, 2.75) is 13.0 Å². The second kappa shape index (κ2) is 9.50. The summed E-state index contributed by atoms with van der Waals surface area (Å²) in [6.07, 6.45) is 0. The van der Waals surface area contributed by atoms with Gasteiger partial charge in [-0.1, -0.05) is 60.7 Å². The van der Waals surface area contributed by atoms with Crippen molar-refractivity contribution in [2.24, 2.45) is 9.98 Å². The van der Waals surface area contributed by atoms with Crippen molar-refractivity contribution in [3.05, 3.63) is 126 Å². The van der Waals surface area contributed by atoms with Crippen LogP contribution in [0, 0.1) is 12.7 Å². The van der Waals surface area contributed by atoms with Gasteiger partial charge in [0.2, 0.25) is 0 Å². The molecule has 196 valence electrons. The van der Waals surface area contributed by atoms with Crippen LogP contribution in [0.25, 0.3) is 5.69 Å². The Bertz CT molecular complexity index is 1810. The van der Waals surface area contributed by atoms with Gasteiger partial charge in [0.15, 0.2) is 17.5 Å². The number of rotatable bonds is 4. The van der Waals surface area contributed by atoms with E-state index in [9.17, 15) is 0 Å². The third kappa shape index (κ3) is 3.76. The molecular weight excluding hydrogens is 503 g/mol. The summed E-state index contributed by atoms with van der Waals surface area (Å²) in [6.45, 7) is 1.95. The Labute approximate surface area is 230 Å². The van der Waals surface area contributed by atoms with Crippen LogP contribution in [0.1, 0.15) is 22.9 Å². The number of benzene rings is 4. The fraction of sp³-hybridized carbons (Fsp3) is 0.0938. The minimum absolute atomic E-state index is 0.300. The average molecular weight is 529 g/mol. The van der Waals surface area contributed by atoms with Crippen molar-refractivity contribution in [3.63, 3.8) is 0 Å². The normalized spacial score (nSPS) is 15.4. The number of methoxy groups -OCH3 is 1. The molecule has 5 aromatic rings. The van der Waals surface area contributed by atoms with E-state index in [1.165, 1.54) is 6.07 Å². The molecule has 0 bridgehead atoms. The standard InChI is InChI=1S/C32H25FN6O/c1-20-28-29(22-14-6-7-15-23(22)33)38-26-18-10-8-16-24(26)34-30(35-25-17-9-11-19-27(25)40-2)32(38)36-31(28)39(37-20)21-12-4-3-5-13-21/h3-19,29H,1-2H3,(H,34,35)/t29-/m0/s1. The number of ether oxygens (including phenoxy) is 1. The van der Waals surface area contributed by atoms with Gasteiger partial charge < -0.3 is 15.0 Å². The Balaban J connectivity index is 1.51. The summed E-state index contributed by atoms with van der Waals surface area (Å²) >= 11 is 0. The molecular formula is C32H25FN6O. The van der Waals surface area contributed by atoms with E-state index in [0.717, 1.165) is 34.0 Å². The minimum Gasteiger partial charge on any atom is -0.495 e. The first-order valence-corrected chi connectivity index (χ1v) is 13.0. The molecule has 8 heteroatoms. The zero-order valence-corrected chi connectivity index (χ0v) is 21.9. The quantitative estimate of drug-likeness (QED) is 0.270. The molecule has 0 radical (unpaired) electrons. The van der Waals surface area contributed by atoms with Crippen LogP contribution in [0.3, 0.4) is 0 Å². The molecule has 7 nitrogen and oxygen atoms in total. The molecule has 1 aromatic heterocycles. The fourth-order valence-corrected chi connectivity index (χ4v) is 5.41. The van der Waals surface area contributed by atoms with E-state index >= 15 is 4.39 Å². The van der Waals surface area contributed by atoms with Gasteiger partial charge >= 0.3 is 0 Å². The number of hydrogen-bond donors (Lipinski definition) is 1. The number of para-hydroxylation sites is 5. The van der Waals surface area contributed by atoms with E-state index in [4.69, 9.17) is 19.8 Å². The van der Waals surface area contributed by atoms with Crippen LogP contribution in [-0.4, -0.2) is 28.6 Å². The van der Waals surface area contributed by atoms with Crippen LogP contribution in [0.15, 0.2) is 113 Å². The lowest BCUT2D eigenvalue weighted by Crippen LogP contribution is -2.46. The summed E-state index contributed by atoms with van der Waals surface area (Å²) in [5.74, 6) is 2.09. The Morgan fingerprint density at radius 1 is 0.825 bits per heavy atom. The first kappa shape index (κ1) is 23.8. The van der Waals surface area contributed by atoms with Gasteiger partial charge in [-0.25, -0.2) is 19.1 Å². The third-order valence-electron chi connectivity index (χ3n) is 7.20. The number of aliphatic imine (C=N–C) groups is 2. The number of aromatic nitrogens is 2. The molecule has 40 heavy (non-hydrogen) atoms. The maximum absolute atomic E-state index is 15.7. The predicted octanol–water partition coefficient (Wildman–Crippen LogP) is 7.12. The van der Waals surface area contributed by atoms with Gasteiger partial charge in [0, 0.05) is 11.1 Å². The lowest BCUT2D eigenvalue weighted by Gasteiger charge is -2.40. The van der Waals surface area contributed by atoms with Crippen LogP contribution >= 0.6 is 0 Å². The van der Waals surface area contributed by atoms with E-state index in [-0.39, 0.29) is 5.82 Å². The molecule has 0 fully saturated rings. The highest BCUT2D eigenvalue weighted by molar-refractivity contribution is 6.51. The molecule has 3 heterocycles. The zero-order chi connectivity index (χ0) is 27.2. The van der Waals surface area contributed by atoms with Crippen LogP contribution in [0.4, 0.5) is 27.3 Å². The highest BCUT2D eigenvalue weighted by Gasteiger charge is 2.42. The summed E-state index contributed by atoms with van der Waals surface area (Å²) in [4.78, 5) is 12.2. The molecule has 0 amide bonds. The SMILES string of the molecule is COc1ccccc1NC1=Nc2ccccc2N2C1=Nc1c(c(C)nn1-c1ccccc1)[C@@H]2c1ccccc1F. The van der Waals surface area contributed by atoms with Gasteiger partial charge in [-0.05, 0) is 49.4 Å². The number of aryl methyl sites for hydroxylation is 1. The molecule has 7 rings (SSSR count). The summed E-state index contributed by atoms with van der Waals surface area (Å²) in [7, 11) is 1.63. The van der Waals surface area contributed by atoms with Crippen LogP contribution in [-0.2, 0) is 0 Å². The molecule has 0 spiro atoms. The molecule has 2 aliphatic heterocycles. The van der Waals surface area contributed by atoms with E-state index in [2.05, 4.69) is 10.2 Å². The fourth-order valence-electron chi connectivity index (χ4n) is 5.41. The summed E-state index contributed by atoms with van der Waals surface area (Å²) in [5, 5.41) is 8.35. The smallest absolute Gasteiger partial charge is 0.179 e. The lowest BCUT2D eigenvalue weighted by molar-refractivity contribution is 0.417. The van der Waals surface area contributed by atoms with Crippen molar-refractivity contribution in [1.29, 1.82) is 0 Å². The largest absolute Gasteiger partial charge is 0.495 e. The molecule has 0 aliphatic carbocycles. The monoisotopic (exact) mass is 528 g/mol. The van der Waals surface area contributed by atoms with E-state index < -0.39 is 6.04 Å². The average Bonchev–Trinajstić information content (AvgIpc) is 3.33. The number of hydrogen-bond acceptors (Lipinski definition) is 6. The number of halogens is 1. The molecule has 0 saturated carbocycles. The highest BCUT2D eigenvalue weighted by atomic mass is 19.1. The Morgan fingerprint density at radius 2 is 1.55 bits per heavy atom. The van der Waals surface area contributed by atoms with Crippen molar-refractivity contribution in [3.8, 4) is 11.4 Å². The van der Waals surface area contributed by atoms with Crippen molar-refractivity contribution in [2.75, 3.05) is 17.3 Å². The van der Waals surface area contributed by atoms with E-state index in [1.807, 2.05) is 103 Å². The topological polar surface area (TPSA) is 67.0 Å². The number of fused-ring (bicyclic) bond motifs is 4. The molecule has 0 unspecified atom stereocenters. The van der Waals surface area contributed by atoms with Gasteiger partial charge in [0.05, 0.1) is 41.6 Å². The summed E-state index contributed by atoms with van der Waals surface area (Å²) in [6, 6.07) is 31.7. The van der Waals surface area contributed by atoms with Gasteiger partial charge in [0.25, 0.3) is 0 Å². The van der Waals surface area contributed by atoms with Gasteiger partial charge in [0.1, 0.15) is 11.6 Å². The predicted molar refractivity (Wildman–Crippen MR) is 156 cm³/mol. The van der Waals surface area contributed by atoms with Gasteiger partial charge in [-0.3, -0.25) is 0 Å². The number of amidine groups is 2. The Kier molecular flexibility index (Phi) is 5.66. The molecule has 4 aromatic carbocycles. The van der Waals surface area contributed by atoms with Crippen LogP contribution in [0.5, 0.6) is 5.75 Å². The van der Waals surface area contributed by atoms with Crippen molar-refractivity contribution in [1.82, 2.24) is 9.78 Å². The second-order valence-corrected chi connectivity index (χ2v) is 9.57. The molecule has 1 N–H and O–H groups in total. The van der Waals surface area contributed by atoms with Gasteiger partial charge in [-0.15, -0.1) is 0 Å². The van der Waals surface area contributed by atoms with Crippen molar-refractivity contribution < 1.29 is 9.13 Å². The first-order valence-electron chi connectivity index (χ1n) is 13.0. The third-order valence-corrected chi connectivity index (χ3v) is 7.20. The number of anilines is 2. The molecule has 2 aliphatic rings. The lowest BCUT2D eigenvalue weighted by atomic mass is 9.93. The number of nitrogens with zero attached hydrogens (tertiary/aromatic N) is 5. The maximum atomic E-state index is 15.7. The molecule has 1 atom stereocenters. The van der Waals surface area contributed by atoms with Gasteiger partial charge in [-0.2, -0.15) is 5.10 Å². The van der Waals surface area contributed by atoms with Crippen molar-refractivity contribution >= 4 is 34.6 Å². The molecule has 0 saturated heterocycles. The van der Waals surface area contributed by atoms with Crippen LogP contribution in [0.2, 0.25) is 0 Å². The second-order valence-electron chi connectivity index (χ2n) is 9.57. The maximum Gasteiger partial charge on any atom is 0.179 e. The number of nitrogens with one attached hydrogen (secondary N) is 1. The van der Waals surface area contributed by atoms with E-state index in [1.54, 1.807) is 13.2 Å². The van der Waals surface area contributed by atoms with E-state index in [0.29, 0.717) is 28.8 Å². The Morgan fingerprint density at radius 3 is 2.38 bits per heavy atom. The van der Waals surface area contributed by atoms with Crippen LogP contribution < -0.4 is 15.0 Å². The summed E-state index contributed by atoms with van der Waals surface area (Å²) < 4.78 is 23.1. The highest BCUT2D eigenvalue weighted by Crippen LogP contribution is 2.48. The first-order chi connectivity index (χ1) is 19.6.